The highest BCUT2D eigenvalue weighted by Crippen LogP contribution is 2.19. The second-order valence-electron chi connectivity index (χ2n) is 3.78. The highest BCUT2D eigenvalue weighted by molar-refractivity contribution is 5.83. The first-order chi connectivity index (χ1) is 7.33. The fourth-order valence-electron chi connectivity index (χ4n) is 1.90. The molecule has 0 saturated carbocycles. The predicted octanol–water partition coefficient (Wildman–Crippen LogP) is 3.25. The number of hydrogen-bond acceptors (Lipinski definition) is 1. The van der Waals surface area contributed by atoms with Crippen molar-refractivity contribution >= 4 is 10.9 Å². The lowest BCUT2D eigenvalue weighted by atomic mass is 10.1. The SMILES string of the molecule is Cc1cccc2c1ccn2CCCC#N. The maximum absolute atomic E-state index is 8.49. The largest absolute Gasteiger partial charge is 0.347 e. The summed E-state index contributed by atoms with van der Waals surface area (Å²) >= 11 is 0. The Balaban J connectivity index is 2.30. The number of nitrogens with zero attached hydrogens (tertiary/aromatic N) is 2. The minimum Gasteiger partial charge on any atom is -0.347 e. The quantitative estimate of drug-likeness (QED) is 0.696. The van der Waals surface area contributed by atoms with Crippen molar-refractivity contribution in [1.29, 1.82) is 5.26 Å². The van der Waals surface area contributed by atoms with E-state index in [1.807, 2.05) is 0 Å². The van der Waals surface area contributed by atoms with Gasteiger partial charge in [-0.05, 0) is 31.0 Å². The van der Waals surface area contributed by atoms with Crippen molar-refractivity contribution in [2.45, 2.75) is 26.3 Å². The third-order valence-electron chi connectivity index (χ3n) is 2.72. The minimum atomic E-state index is 0.630. The van der Waals surface area contributed by atoms with E-state index in [0.717, 1.165) is 13.0 Å². The van der Waals surface area contributed by atoms with Crippen molar-refractivity contribution in [3.8, 4) is 6.07 Å². The molecule has 1 heterocycles. The molecule has 0 saturated heterocycles. The van der Waals surface area contributed by atoms with Crippen LogP contribution in [0.5, 0.6) is 0 Å². The van der Waals surface area contributed by atoms with Gasteiger partial charge in [0.05, 0.1) is 6.07 Å². The van der Waals surface area contributed by atoms with Gasteiger partial charge in [-0.15, -0.1) is 0 Å². The van der Waals surface area contributed by atoms with Gasteiger partial charge in [-0.1, -0.05) is 12.1 Å². The molecule has 1 aromatic heterocycles. The third kappa shape index (κ3) is 1.87. The average Bonchev–Trinajstić information content (AvgIpc) is 2.64. The Hall–Kier alpha value is -1.75. The lowest BCUT2D eigenvalue weighted by Gasteiger charge is -2.03. The number of hydrogen-bond donors (Lipinski definition) is 0. The van der Waals surface area contributed by atoms with Crippen LogP contribution in [0, 0.1) is 18.3 Å². The Kier molecular flexibility index (Phi) is 2.73. The van der Waals surface area contributed by atoms with Gasteiger partial charge < -0.3 is 4.57 Å². The van der Waals surface area contributed by atoms with Gasteiger partial charge in [0.1, 0.15) is 0 Å². The lowest BCUT2D eigenvalue weighted by molar-refractivity contribution is 0.674. The minimum absolute atomic E-state index is 0.630. The summed E-state index contributed by atoms with van der Waals surface area (Å²) in [6, 6.07) is 10.7. The second-order valence-corrected chi connectivity index (χ2v) is 3.78. The van der Waals surface area contributed by atoms with Crippen LogP contribution in [0.3, 0.4) is 0 Å². The monoisotopic (exact) mass is 198 g/mol. The molecule has 2 nitrogen and oxygen atoms in total. The summed E-state index contributed by atoms with van der Waals surface area (Å²) < 4.78 is 2.22. The molecule has 0 atom stereocenters. The Morgan fingerprint density at radius 1 is 1.33 bits per heavy atom. The first-order valence-electron chi connectivity index (χ1n) is 5.24. The number of rotatable bonds is 3. The van der Waals surface area contributed by atoms with Gasteiger partial charge in [-0.2, -0.15) is 5.26 Å². The molecule has 2 aromatic rings. The number of aromatic nitrogens is 1. The van der Waals surface area contributed by atoms with Crippen LogP contribution in [0.1, 0.15) is 18.4 Å². The zero-order valence-corrected chi connectivity index (χ0v) is 8.90. The van der Waals surface area contributed by atoms with Crippen LogP contribution in [0.25, 0.3) is 10.9 Å². The van der Waals surface area contributed by atoms with Crippen molar-refractivity contribution in [3.05, 3.63) is 36.0 Å². The summed E-state index contributed by atoms with van der Waals surface area (Å²) in [5.41, 5.74) is 2.58. The van der Waals surface area contributed by atoms with Crippen LogP contribution in [-0.2, 0) is 6.54 Å². The Morgan fingerprint density at radius 2 is 2.20 bits per heavy atom. The molecule has 0 aliphatic heterocycles. The van der Waals surface area contributed by atoms with Crippen LogP contribution in [0.4, 0.5) is 0 Å². The normalized spacial score (nSPS) is 10.4. The zero-order valence-electron chi connectivity index (χ0n) is 8.90. The standard InChI is InChI=1S/C13H14N2/c1-11-5-4-6-13-12(11)7-10-15(13)9-3-2-8-14/h4-7,10H,2-3,9H2,1H3. The van der Waals surface area contributed by atoms with Crippen LogP contribution < -0.4 is 0 Å². The van der Waals surface area contributed by atoms with E-state index < -0.39 is 0 Å². The van der Waals surface area contributed by atoms with Gasteiger partial charge in [0.2, 0.25) is 0 Å². The molecular formula is C13H14N2. The highest BCUT2D eigenvalue weighted by atomic mass is 14.9. The number of unbranched alkanes of at least 4 members (excludes halogenated alkanes) is 1. The molecule has 0 unspecified atom stereocenters. The number of fused-ring (bicyclic) bond motifs is 1. The zero-order chi connectivity index (χ0) is 10.7. The smallest absolute Gasteiger partial charge is 0.0622 e. The summed E-state index contributed by atoms with van der Waals surface area (Å²) in [5, 5.41) is 9.81. The average molecular weight is 198 g/mol. The molecule has 0 amide bonds. The second kappa shape index (κ2) is 4.18. The summed E-state index contributed by atoms with van der Waals surface area (Å²) in [6.07, 6.45) is 3.66. The van der Waals surface area contributed by atoms with Gasteiger partial charge in [-0.25, -0.2) is 0 Å². The number of nitriles is 1. The van der Waals surface area contributed by atoms with Gasteiger partial charge in [-0.3, -0.25) is 0 Å². The first-order valence-corrected chi connectivity index (χ1v) is 5.24. The molecule has 2 heteroatoms. The Morgan fingerprint density at radius 3 is 3.00 bits per heavy atom. The molecule has 0 fully saturated rings. The van der Waals surface area contributed by atoms with E-state index in [-0.39, 0.29) is 0 Å². The maximum atomic E-state index is 8.49. The van der Waals surface area contributed by atoms with Gasteiger partial charge in [0.25, 0.3) is 0 Å². The molecule has 76 valence electrons. The van der Waals surface area contributed by atoms with Gasteiger partial charge in [0, 0.05) is 30.1 Å². The van der Waals surface area contributed by atoms with Crippen molar-refractivity contribution in [2.24, 2.45) is 0 Å². The van der Waals surface area contributed by atoms with Crippen LogP contribution in [0.2, 0.25) is 0 Å². The van der Waals surface area contributed by atoms with Crippen LogP contribution in [-0.4, -0.2) is 4.57 Å². The molecule has 2 rings (SSSR count). The van der Waals surface area contributed by atoms with E-state index in [4.69, 9.17) is 5.26 Å². The molecule has 0 radical (unpaired) electrons. The molecule has 0 aliphatic rings. The van der Waals surface area contributed by atoms with Crippen molar-refractivity contribution in [3.63, 3.8) is 0 Å². The van der Waals surface area contributed by atoms with Crippen molar-refractivity contribution in [2.75, 3.05) is 0 Å². The molecular weight excluding hydrogens is 184 g/mol. The molecule has 0 bridgehead atoms. The first kappa shape index (κ1) is 9.79. The van der Waals surface area contributed by atoms with Crippen LogP contribution in [0.15, 0.2) is 30.5 Å². The van der Waals surface area contributed by atoms with Crippen molar-refractivity contribution in [1.82, 2.24) is 4.57 Å². The van der Waals surface area contributed by atoms with E-state index in [1.54, 1.807) is 0 Å². The van der Waals surface area contributed by atoms with E-state index in [2.05, 4.69) is 48.0 Å². The Labute approximate surface area is 89.7 Å². The number of aryl methyl sites for hydroxylation is 2. The van der Waals surface area contributed by atoms with Gasteiger partial charge >= 0.3 is 0 Å². The lowest BCUT2D eigenvalue weighted by Crippen LogP contribution is -1.95. The number of benzene rings is 1. The predicted molar refractivity (Wildman–Crippen MR) is 61.5 cm³/mol. The van der Waals surface area contributed by atoms with E-state index in [1.165, 1.54) is 16.5 Å². The topological polar surface area (TPSA) is 28.7 Å². The molecule has 0 N–H and O–H groups in total. The molecule has 0 aliphatic carbocycles. The maximum Gasteiger partial charge on any atom is 0.0622 e. The van der Waals surface area contributed by atoms with Crippen LogP contribution >= 0.6 is 0 Å². The van der Waals surface area contributed by atoms with Gasteiger partial charge in [0.15, 0.2) is 0 Å². The third-order valence-corrected chi connectivity index (χ3v) is 2.72. The molecule has 1 aromatic carbocycles. The van der Waals surface area contributed by atoms with Crippen molar-refractivity contribution < 1.29 is 0 Å². The fourth-order valence-corrected chi connectivity index (χ4v) is 1.90. The molecule has 0 spiro atoms. The molecule has 15 heavy (non-hydrogen) atoms. The Bertz CT molecular complexity index is 503. The fraction of sp³-hybridized carbons (Fsp3) is 0.308. The summed E-state index contributed by atoms with van der Waals surface area (Å²) in [7, 11) is 0. The van der Waals surface area contributed by atoms with E-state index in [0.29, 0.717) is 6.42 Å². The summed E-state index contributed by atoms with van der Waals surface area (Å²) in [6.45, 7) is 3.06. The highest BCUT2D eigenvalue weighted by Gasteiger charge is 2.01. The summed E-state index contributed by atoms with van der Waals surface area (Å²) in [4.78, 5) is 0. The summed E-state index contributed by atoms with van der Waals surface area (Å²) in [5.74, 6) is 0. The van der Waals surface area contributed by atoms with E-state index >= 15 is 0 Å². The van der Waals surface area contributed by atoms with E-state index in [9.17, 15) is 0 Å².